The molecule has 1 aromatic rings. The summed E-state index contributed by atoms with van der Waals surface area (Å²) in [6.07, 6.45) is 1.67. The quantitative estimate of drug-likeness (QED) is 0.445. The van der Waals surface area contributed by atoms with E-state index in [2.05, 4.69) is 34.4 Å². The van der Waals surface area contributed by atoms with Gasteiger partial charge in [-0.1, -0.05) is 12.1 Å². The number of hydrogen-bond donors (Lipinski definition) is 2. The zero-order chi connectivity index (χ0) is 19.1. The summed E-state index contributed by atoms with van der Waals surface area (Å²) < 4.78 is 17.5. The molecule has 27 heavy (non-hydrogen) atoms. The first-order chi connectivity index (χ1) is 13.1. The summed E-state index contributed by atoms with van der Waals surface area (Å²) in [6, 6.07) is 7.76. The second kappa shape index (κ2) is 9.80. The predicted octanol–water partition coefficient (Wildman–Crippen LogP) is 1.49. The first-order valence-corrected chi connectivity index (χ1v) is 9.85. The molecule has 3 atom stereocenters. The SMILES string of the molecule is CN=C(NCCCN1CC(C)OC(C)C1)NCC1COc2ccccc2O1. The molecule has 1 fully saturated rings. The van der Waals surface area contributed by atoms with Crippen molar-refractivity contribution >= 4 is 5.96 Å². The van der Waals surface area contributed by atoms with Crippen molar-refractivity contribution in [3.63, 3.8) is 0 Å². The number of benzene rings is 1. The van der Waals surface area contributed by atoms with Crippen LogP contribution in [0.3, 0.4) is 0 Å². The predicted molar refractivity (Wildman–Crippen MR) is 107 cm³/mol. The molecule has 0 saturated carbocycles. The molecule has 0 bridgehead atoms. The molecule has 2 heterocycles. The Labute approximate surface area is 162 Å². The van der Waals surface area contributed by atoms with E-state index in [0.717, 1.165) is 50.1 Å². The third kappa shape index (κ3) is 6.01. The lowest BCUT2D eigenvalue weighted by atomic mass is 10.2. The Kier molecular flexibility index (Phi) is 7.18. The summed E-state index contributed by atoms with van der Waals surface area (Å²) in [4.78, 5) is 6.76. The molecular formula is C20H32N4O3. The number of para-hydroxylation sites is 2. The van der Waals surface area contributed by atoms with E-state index in [4.69, 9.17) is 14.2 Å². The maximum absolute atomic E-state index is 5.96. The highest BCUT2D eigenvalue weighted by atomic mass is 16.6. The number of guanidine groups is 1. The Balaban J connectivity index is 1.33. The zero-order valence-electron chi connectivity index (χ0n) is 16.6. The number of nitrogens with zero attached hydrogens (tertiary/aromatic N) is 2. The molecule has 0 aromatic heterocycles. The van der Waals surface area contributed by atoms with E-state index in [1.54, 1.807) is 7.05 Å². The molecule has 3 rings (SSSR count). The van der Waals surface area contributed by atoms with Gasteiger partial charge in [0.2, 0.25) is 0 Å². The van der Waals surface area contributed by atoms with Crippen LogP contribution >= 0.6 is 0 Å². The maximum atomic E-state index is 5.96. The highest BCUT2D eigenvalue weighted by Crippen LogP contribution is 2.30. The van der Waals surface area contributed by atoms with Gasteiger partial charge in [0.1, 0.15) is 12.7 Å². The second-order valence-electron chi connectivity index (χ2n) is 7.25. The van der Waals surface area contributed by atoms with Crippen LogP contribution in [0.25, 0.3) is 0 Å². The van der Waals surface area contributed by atoms with Gasteiger partial charge in [-0.2, -0.15) is 0 Å². The van der Waals surface area contributed by atoms with Gasteiger partial charge in [-0.25, -0.2) is 0 Å². The molecule has 150 valence electrons. The summed E-state index contributed by atoms with van der Waals surface area (Å²) in [5.74, 6) is 2.40. The summed E-state index contributed by atoms with van der Waals surface area (Å²) in [6.45, 7) is 9.43. The van der Waals surface area contributed by atoms with E-state index < -0.39 is 0 Å². The summed E-state index contributed by atoms with van der Waals surface area (Å²) in [7, 11) is 1.79. The molecule has 2 N–H and O–H groups in total. The molecule has 0 spiro atoms. The average molecular weight is 377 g/mol. The summed E-state index contributed by atoms with van der Waals surface area (Å²) in [5, 5.41) is 6.70. The first kappa shape index (κ1) is 19.8. The third-order valence-electron chi connectivity index (χ3n) is 4.73. The Hall–Kier alpha value is -1.99. The van der Waals surface area contributed by atoms with Crippen molar-refractivity contribution in [1.82, 2.24) is 15.5 Å². The van der Waals surface area contributed by atoms with Crippen molar-refractivity contribution in [2.24, 2.45) is 4.99 Å². The highest BCUT2D eigenvalue weighted by Gasteiger charge is 2.22. The molecule has 7 heteroatoms. The number of nitrogens with one attached hydrogen (secondary N) is 2. The molecule has 0 aliphatic carbocycles. The van der Waals surface area contributed by atoms with Crippen molar-refractivity contribution in [2.75, 3.05) is 46.4 Å². The standard InChI is InChI=1S/C20H32N4O3/c1-15-12-24(13-16(2)26-15)10-6-9-22-20(21-3)23-11-17-14-25-18-7-4-5-8-19(18)27-17/h4-5,7-8,15-17H,6,9-14H2,1-3H3,(H2,21,22,23). The van der Waals surface area contributed by atoms with Crippen molar-refractivity contribution in [3.05, 3.63) is 24.3 Å². The van der Waals surface area contributed by atoms with Gasteiger partial charge < -0.3 is 24.8 Å². The minimum absolute atomic E-state index is 0.0326. The van der Waals surface area contributed by atoms with Gasteiger partial charge in [0.05, 0.1) is 18.8 Å². The Morgan fingerprint density at radius 1 is 1.15 bits per heavy atom. The van der Waals surface area contributed by atoms with Crippen LogP contribution in [0.4, 0.5) is 0 Å². The Morgan fingerprint density at radius 3 is 2.63 bits per heavy atom. The van der Waals surface area contributed by atoms with Crippen molar-refractivity contribution in [3.8, 4) is 11.5 Å². The molecule has 1 aromatic carbocycles. The lowest BCUT2D eigenvalue weighted by Crippen LogP contribution is -2.47. The molecule has 0 amide bonds. The van der Waals surface area contributed by atoms with Crippen LogP contribution in [0.5, 0.6) is 11.5 Å². The molecule has 2 aliphatic rings. The molecule has 0 radical (unpaired) electrons. The number of hydrogen-bond acceptors (Lipinski definition) is 5. The van der Waals surface area contributed by atoms with Gasteiger partial charge in [-0.3, -0.25) is 9.89 Å². The topological polar surface area (TPSA) is 67.4 Å². The van der Waals surface area contributed by atoms with Crippen LogP contribution in [0.1, 0.15) is 20.3 Å². The fourth-order valence-electron chi connectivity index (χ4n) is 3.57. The molecule has 2 aliphatic heterocycles. The second-order valence-corrected chi connectivity index (χ2v) is 7.25. The highest BCUT2D eigenvalue weighted by molar-refractivity contribution is 5.79. The van der Waals surface area contributed by atoms with Gasteiger partial charge >= 0.3 is 0 Å². The number of ether oxygens (including phenoxy) is 3. The van der Waals surface area contributed by atoms with Gasteiger partial charge in [0.25, 0.3) is 0 Å². The Bertz CT molecular complexity index is 615. The van der Waals surface area contributed by atoms with Crippen LogP contribution in [-0.2, 0) is 4.74 Å². The minimum atomic E-state index is -0.0326. The molecule has 7 nitrogen and oxygen atoms in total. The first-order valence-electron chi connectivity index (χ1n) is 9.85. The summed E-state index contributed by atoms with van der Waals surface area (Å²) >= 11 is 0. The maximum Gasteiger partial charge on any atom is 0.191 e. The van der Waals surface area contributed by atoms with E-state index in [-0.39, 0.29) is 6.10 Å². The minimum Gasteiger partial charge on any atom is -0.486 e. The fraction of sp³-hybridized carbons (Fsp3) is 0.650. The van der Waals surface area contributed by atoms with E-state index in [1.807, 2.05) is 24.3 Å². The number of aliphatic imine (C=N–C) groups is 1. The van der Waals surface area contributed by atoms with Crippen molar-refractivity contribution < 1.29 is 14.2 Å². The van der Waals surface area contributed by atoms with Gasteiger partial charge in [0, 0.05) is 33.2 Å². The normalized spacial score (nSPS) is 25.9. The molecule has 1 saturated heterocycles. The lowest BCUT2D eigenvalue weighted by molar-refractivity contribution is -0.0679. The van der Waals surface area contributed by atoms with E-state index in [9.17, 15) is 0 Å². The van der Waals surface area contributed by atoms with Crippen molar-refractivity contribution in [2.45, 2.75) is 38.6 Å². The average Bonchev–Trinajstić information content (AvgIpc) is 2.66. The van der Waals surface area contributed by atoms with Gasteiger partial charge in [0.15, 0.2) is 17.5 Å². The number of rotatable bonds is 6. The third-order valence-corrected chi connectivity index (χ3v) is 4.73. The van der Waals surface area contributed by atoms with E-state index in [1.165, 1.54) is 0 Å². The van der Waals surface area contributed by atoms with E-state index in [0.29, 0.717) is 25.4 Å². The van der Waals surface area contributed by atoms with Crippen molar-refractivity contribution in [1.29, 1.82) is 0 Å². The number of morpholine rings is 1. The largest absolute Gasteiger partial charge is 0.486 e. The van der Waals surface area contributed by atoms with E-state index >= 15 is 0 Å². The zero-order valence-corrected chi connectivity index (χ0v) is 16.6. The fourth-order valence-corrected chi connectivity index (χ4v) is 3.57. The lowest BCUT2D eigenvalue weighted by Gasteiger charge is -2.35. The van der Waals surface area contributed by atoms with Crippen LogP contribution in [-0.4, -0.2) is 75.5 Å². The van der Waals surface area contributed by atoms with Crippen LogP contribution in [0.15, 0.2) is 29.3 Å². The number of fused-ring (bicyclic) bond motifs is 1. The van der Waals surface area contributed by atoms with Gasteiger partial charge in [-0.05, 0) is 32.4 Å². The molecule has 3 unspecified atom stereocenters. The van der Waals surface area contributed by atoms with Crippen LogP contribution in [0, 0.1) is 0 Å². The summed E-state index contributed by atoms with van der Waals surface area (Å²) in [5.41, 5.74) is 0. The van der Waals surface area contributed by atoms with Crippen LogP contribution in [0.2, 0.25) is 0 Å². The Morgan fingerprint density at radius 2 is 1.89 bits per heavy atom. The van der Waals surface area contributed by atoms with Crippen LogP contribution < -0.4 is 20.1 Å². The molecular weight excluding hydrogens is 344 g/mol. The smallest absolute Gasteiger partial charge is 0.191 e. The monoisotopic (exact) mass is 376 g/mol. The van der Waals surface area contributed by atoms with Gasteiger partial charge in [-0.15, -0.1) is 0 Å².